The fourth-order valence-corrected chi connectivity index (χ4v) is 4.04. The third-order valence-electron chi connectivity index (χ3n) is 5.61. The standard InChI is InChI=1S/C26H25ClN2O3/c1-28(18-20-6-2-5-9-24(20)29-14-16-32-17-15-29)26(31)23-8-4-3-7-22(23)25(30)19-10-12-21(27)13-11-19/h2-13H,14-18H2,1H3. The van der Waals surface area contributed by atoms with E-state index in [1.54, 1.807) is 60.5 Å². The van der Waals surface area contributed by atoms with Crippen LogP contribution in [0.1, 0.15) is 31.8 Å². The zero-order valence-electron chi connectivity index (χ0n) is 18.0. The van der Waals surface area contributed by atoms with E-state index >= 15 is 0 Å². The largest absolute Gasteiger partial charge is 0.378 e. The van der Waals surface area contributed by atoms with Gasteiger partial charge in [-0.25, -0.2) is 0 Å². The first-order chi connectivity index (χ1) is 15.5. The maximum Gasteiger partial charge on any atom is 0.254 e. The Morgan fingerprint density at radius 1 is 0.906 bits per heavy atom. The Morgan fingerprint density at radius 3 is 2.25 bits per heavy atom. The summed E-state index contributed by atoms with van der Waals surface area (Å²) in [5.41, 5.74) is 3.44. The molecule has 1 fully saturated rings. The van der Waals surface area contributed by atoms with Crippen LogP contribution in [0.2, 0.25) is 5.02 Å². The van der Waals surface area contributed by atoms with Gasteiger partial charge in [0.25, 0.3) is 5.91 Å². The average molecular weight is 449 g/mol. The van der Waals surface area contributed by atoms with Gasteiger partial charge in [0.2, 0.25) is 0 Å². The monoisotopic (exact) mass is 448 g/mol. The van der Waals surface area contributed by atoms with Crippen molar-refractivity contribution in [3.05, 3.63) is 100 Å². The molecule has 164 valence electrons. The normalized spacial score (nSPS) is 13.6. The van der Waals surface area contributed by atoms with Crippen molar-refractivity contribution in [1.29, 1.82) is 0 Å². The van der Waals surface area contributed by atoms with Gasteiger partial charge < -0.3 is 14.5 Å². The molecule has 0 atom stereocenters. The van der Waals surface area contributed by atoms with Crippen LogP contribution in [0.4, 0.5) is 5.69 Å². The van der Waals surface area contributed by atoms with Gasteiger partial charge in [-0.05, 0) is 42.0 Å². The third-order valence-corrected chi connectivity index (χ3v) is 5.86. The van der Waals surface area contributed by atoms with Gasteiger partial charge in [-0.3, -0.25) is 9.59 Å². The zero-order valence-corrected chi connectivity index (χ0v) is 18.7. The summed E-state index contributed by atoms with van der Waals surface area (Å²) < 4.78 is 5.47. The van der Waals surface area contributed by atoms with E-state index in [0.717, 1.165) is 24.3 Å². The van der Waals surface area contributed by atoms with Crippen LogP contribution in [-0.4, -0.2) is 49.9 Å². The number of halogens is 1. The van der Waals surface area contributed by atoms with Gasteiger partial charge in [0.05, 0.1) is 18.8 Å². The smallest absolute Gasteiger partial charge is 0.254 e. The van der Waals surface area contributed by atoms with Crippen molar-refractivity contribution in [1.82, 2.24) is 4.90 Å². The molecule has 0 spiro atoms. The highest BCUT2D eigenvalue weighted by Crippen LogP contribution is 2.24. The van der Waals surface area contributed by atoms with E-state index in [0.29, 0.717) is 41.5 Å². The fraction of sp³-hybridized carbons (Fsp3) is 0.231. The Morgan fingerprint density at radius 2 is 1.53 bits per heavy atom. The van der Waals surface area contributed by atoms with Crippen molar-refractivity contribution in [3.63, 3.8) is 0 Å². The number of anilines is 1. The maximum absolute atomic E-state index is 13.4. The Kier molecular flexibility index (Phi) is 6.88. The predicted molar refractivity (Wildman–Crippen MR) is 127 cm³/mol. The number of rotatable bonds is 6. The lowest BCUT2D eigenvalue weighted by Crippen LogP contribution is -2.37. The molecule has 0 saturated carbocycles. The molecule has 0 N–H and O–H groups in total. The van der Waals surface area contributed by atoms with Gasteiger partial charge in [0, 0.05) is 48.5 Å². The van der Waals surface area contributed by atoms with E-state index < -0.39 is 0 Å². The molecule has 1 amide bonds. The van der Waals surface area contributed by atoms with Gasteiger partial charge >= 0.3 is 0 Å². The van der Waals surface area contributed by atoms with Gasteiger partial charge in [0.1, 0.15) is 0 Å². The molecule has 0 bridgehead atoms. The molecule has 1 aliphatic rings. The van der Waals surface area contributed by atoms with Crippen LogP contribution in [0.15, 0.2) is 72.8 Å². The lowest BCUT2D eigenvalue weighted by Gasteiger charge is -2.31. The second-order valence-corrected chi connectivity index (χ2v) is 8.21. The number of carbonyl (C=O) groups excluding carboxylic acids is 2. The SMILES string of the molecule is CN(Cc1ccccc1N1CCOCC1)C(=O)c1ccccc1C(=O)c1ccc(Cl)cc1. The zero-order chi connectivity index (χ0) is 22.5. The van der Waals surface area contributed by atoms with Crippen molar-refractivity contribution < 1.29 is 14.3 Å². The molecule has 1 aliphatic heterocycles. The van der Waals surface area contributed by atoms with E-state index in [1.807, 2.05) is 18.2 Å². The van der Waals surface area contributed by atoms with Crippen LogP contribution < -0.4 is 4.90 Å². The molecule has 0 aromatic heterocycles. The number of para-hydroxylation sites is 1. The van der Waals surface area contributed by atoms with Crippen LogP contribution in [0.3, 0.4) is 0 Å². The highest BCUT2D eigenvalue weighted by atomic mass is 35.5. The fourth-order valence-electron chi connectivity index (χ4n) is 3.91. The Bertz CT molecular complexity index is 1110. The van der Waals surface area contributed by atoms with Gasteiger partial charge in [-0.2, -0.15) is 0 Å². The van der Waals surface area contributed by atoms with E-state index in [4.69, 9.17) is 16.3 Å². The molecule has 1 heterocycles. The Balaban J connectivity index is 1.57. The highest BCUT2D eigenvalue weighted by Gasteiger charge is 2.22. The molecule has 32 heavy (non-hydrogen) atoms. The quantitative estimate of drug-likeness (QED) is 0.514. The number of benzene rings is 3. The molecular formula is C26H25ClN2O3. The second-order valence-electron chi connectivity index (χ2n) is 7.77. The lowest BCUT2D eigenvalue weighted by atomic mass is 9.97. The van der Waals surface area contributed by atoms with Crippen molar-refractivity contribution in [2.45, 2.75) is 6.54 Å². The topological polar surface area (TPSA) is 49.9 Å². The molecule has 3 aromatic rings. The summed E-state index contributed by atoms with van der Waals surface area (Å²) in [5, 5.41) is 0.560. The molecule has 3 aromatic carbocycles. The Labute approximate surface area is 193 Å². The number of ketones is 1. The number of morpholine rings is 1. The van der Waals surface area contributed by atoms with Crippen LogP contribution in [-0.2, 0) is 11.3 Å². The summed E-state index contributed by atoms with van der Waals surface area (Å²) in [6, 6.07) is 21.8. The second kappa shape index (κ2) is 9.98. The van der Waals surface area contributed by atoms with Crippen molar-refractivity contribution >= 4 is 29.0 Å². The van der Waals surface area contributed by atoms with Crippen LogP contribution in [0.5, 0.6) is 0 Å². The number of amides is 1. The molecule has 1 saturated heterocycles. The number of carbonyl (C=O) groups is 2. The predicted octanol–water partition coefficient (Wildman–Crippen LogP) is 4.68. The minimum Gasteiger partial charge on any atom is -0.378 e. The highest BCUT2D eigenvalue weighted by molar-refractivity contribution is 6.30. The summed E-state index contributed by atoms with van der Waals surface area (Å²) in [7, 11) is 1.77. The van der Waals surface area contributed by atoms with E-state index in [-0.39, 0.29) is 11.7 Å². The van der Waals surface area contributed by atoms with Crippen LogP contribution in [0.25, 0.3) is 0 Å². The summed E-state index contributed by atoms with van der Waals surface area (Å²) in [6.45, 7) is 3.49. The third kappa shape index (κ3) is 4.85. The molecule has 6 heteroatoms. The summed E-state index contributed by atoms with van der Waals surface area (Å²) in [4.78, 5) is 30.4. The van der Waals surface area contributed by atoms with E-state index in [1.165, 1.54) is 0 Å². The van der Waals surface area contributed by atoms with Gasteiger partial charge in [-0.1, -0.05) is 48.0 Å². The van der Waals surface area contributed by atoms with Gasteiger partial charge in [0.15, 0.2) is 5.78 Å². The molecule has 0 aliphatic carbocycles. The lowest BCUT2D eigenvalue weighted by molar-refractivity contribution is 0.0780. The summed E-state index contributed by atoms with van der Waals surface area (Å²) >= 11 is 5.95. The summed E-state index contributed by atoms with van der Waals surface area (Å²) in [6.07, 6.45) is 0. The first kappa shape index (κ1) is 22.1. The molecular weight excluding hydrogens is 424 g/mol. The van der Waals surface area contributed by atoms with E-state index in [9.17, 15) is 9.59 Å². The minimum absolute atomic E-state index is 0.195. The number of hydrogen-bond donors (Lipinski definition) is 0. The molecule has 5 nitrogen and oxygen atoms in total. The first-order valence-electron chi connectivity index (χ1n) is 10.6. The molecule has 0 unspecified atom stereocenters. The van der Waals surface area contributed by atoms with Crippen LogP contribution in [0, 0.1) is 0 Å². The summed E-state index contributed by atoms with van der Waals surface area (Å²) in [5.74, 6) is -0.396. The molecule has 4 rings (SSSR count). The first-order valence-corrected chi connectivity index (χ1v) is 11.0. The van der Waals surface area contributed by atoms with Gasteiger partial charge in [-0.15, -0.1) is 0 Å². The minimum atomic E-state index is -0.201. The number of nitrogens with zero attached hydrogens (tertiary/aromatic N) is 2. The van der Waals surface area contributed by atoms with Crippen LogP contribution >= 0.6 is 11.6 Å². The average Bonchev–Trinajstić information content (AvgIpc) is 2.84. The molecule has 0 radical (unpaired) electrons. The number of ether oxygens (including phenoxy) is 1. The van der Waals surface area contributed by atoms with Crippen molar-refractivity contribution in [2.24, 2.45) is 0 Å². The number of hydrogen-bond acceptors (Lipinski definition) is 4. The van der Waals surface area contributed by atoms with Crippen molar-refractivity contribution in [3.8, 4) is 0 Å². The Hall–Kier alpha value is -3.15. The van der Waals surface area contributed by atoms with Crippen molar-refractivity contribution in [2.75, 3.05) is 38.3 Å². The van der Waals surface area contributed by atoms with E-state index in [2.05, 4.69) is 11.0 Å². The maximum atomic E-state index is 13.4.